The number of hydrogen-bond acceptors (Lipinski definition) is 2. The summed E-state index contributed by atoms with van der Waals surface area (Å²) in [7, 11) is 0. The number of anilines is 1. The lowest BCUT2D eigenvalue weighted by Gasteiger charge is -2.00. The van der Waals surface area contributed by atoms with Crippen LogP contribution in [0.2, 0.25) is 5.02 Å². The molecule has 3 aromatic rings. The van der Waals surface area contributed by atoms with Crippen LogP contribution in [-0.2, 0) is 6.54 Å². The Balaban J connectivity index is 1.92. The Morgan fingerprint density at radius 3 is 3.05 bits per heavy atom. The Morgan fingerprint density at radius 2 is 2.33 bits per heavy atom. The van der Waals surface area contributed by atoms with E-state index < -0.39 is 11.7 Å². The van der Waals surface area contributed by atoms with Gasteiger partial charge in [-0.15, -0.1) is 0 Å². The summed E-state index contributed by atoms with van der Waals surface area (Å²) >= 11 is 6.14. The first-order valence-electron chi connectivity index (χ1n) is 6.39. The predicted molar refractivity (Wildman–Crippen MR) is 79.1 cm³/mol. The molecule has 1 amide bonds. The molecular formula is C14H12ClFN4O. The minimum atomic E-state index is -0.403. The molecule has 2 N–H and O–H groups in total. The van der Waals surface area contributed by atoms with Crippen molar-refractivity contribution in [1.82, 2.24) is 14.8 Å². The number of benzene rings is 1. The highest BCUT2D eigenvalue weighted by atomic mass is 35.5. The number of rotatable bonds is 3. The minimum Gasteiger partial charge on any atom is -0.349 e. The van der Waals surface area contributed by atoms with Gasteiger partial charge in [-0.1, -0.05) is 11.6 Å². The third kappa shape index (κ3) is 2.50. The lowest BCUT2D eigenvalue weighted by molar-refractivity contribution is 0.102. The average molecular weight is 307 g/mol. The summed E-state index contributed by atoms with van der Waals surface area (Å²) in [4.78, 5) is 15.1. The van der Waals surface area contributed by atoms with Crippen LogP contribution < -0.4 is 5.32 Å². The van der Waals surface area contributed by atoms with Crippen LogP contribution in [-0.4, -0.2) is 20.7 Å². The molecule has 0 fully saturated rings. The maximum absolute atomic E-state index is 13.2. The normalized spacial score (nSPS) is 11.0. The molecule has 5 nitrogen and oxygen atoms in total. The number of nitrogens with zero attached hydrogens (tertiary/aromatic N) is 2. The van der Waals surface area contributed by atoms with Crippen LogP contribution in [0.1, 0.15) is 17.4 Å². The quantitative estimate of drug-likeness (QED) is 0.778. The van der Waals surface area contributed by atoms with Crippen molar-refractivity contribution >= 4 is 34.1 Å². The van der Waals surface area contributed by atoms with Gasteiger partial charge in [-0.25, -0.2) is 4.39 Å². The SMILES string of the molecule is CCn1cc(NC(=O)c2[nH]c3ccc(F)cc3c2Cl)cn1. The number of carbonyl (C=O) groups is 1. The Morgan fingerprint density at radius 1 is 1.52 bits per heavy atom. The number of carbonyl (C=O) groups excluding carboxylic acids is 1. The van der Waals surface area contributed by atoms with Crippen LogP contribution in [0.15, 0.2) is 30.6 Å². The van der Waals surface area contributed by atoms with Gasteiger partial charge in [0, 0.05) is 23.6 Å². The van der Waals surface area contributed by atoms with Gasteiger partial charge in [-0.3, -0.25) is 9.48 Å². The van der Waals surface area contributed by atoms with E-state index in [0.717, 1.165) is 0 Å². The van der Waals surface area contributed by atoms with E-state index in [1.165, 1.54) is 12.1 Å². The molecule has 0 aliphatic carbocycles. The first kappa shape index (κ1) is 13.6. The van der Waals surface area contributed by atoms with E-state index in [9.17, 15) is 9.18 Å². The molecule has 0 atom stereocenters. The molecule has 1 aromatic carbocycles. The molecule has 7 heteroatoms. The topological polar surface area (TPSA) is 62.7 Å². The third-order valence-electron chi connectivity index (χ3n) is 3.14. The summed E-state index contributed by atoms with van der Waals surface area (Å²) in [6, 6.07) is 4.14. The van der Waals surface area contributed by atoms with E-state index in [-0.39, 0.29) is 10.7 Å². The van der Waals surface area contributed by atoms with Crippen molar-refractivity contribution in [3.63, 3.8) is 0 Å². The maximum Gasteiger partial charge on any atom is 0.273 e. The number of amides is 1. The summed E-state index contributed by atoms with van der Waals surface area (Å²) in [5.74, 6) is -0.799. The van der Waals surface area contributed by atoms with E-state index in [2.05, 4.69) is 15.4 Å². The number of hydrogen-bond donors (Lipinski definition) is 2. The molecule has 0 saturated heterocycles. The number of fused-ring (bicyclic) bond motifs is 1. The standard InChI is InChI=1S/C14H12ClFN4O/c1-2-20-7-9(6-17-20)18-14(21)13-12(15)10-5-8(16)3-4-11(10)19-13/h3-7,19H,2H2,1H3,(H,18,21). The lowest BCUT2D eigenvalue weighted by Crippen LogP contribution is -2.12. The average Bonchev–Trinajstić information content (AvgIpc) is 3.04. The zero-order valence-electron chi connectivity index (χ0n) is 11.2. The van der Waals surface area contributed by atoms with E-state index in [4.69, 9.17) is 11.6 Å². The molecular weight excluding hydrogens is 295 g/mol. The summed E-state index contributed by atoms with van der Waals surface area (Å²) < 4.78 is 14.9. The van der Waals surface area contributed by atoms with Gasteiger partial charge in [0.05, 0.1) is 16.9 Å². The fraction of sp³-hybridized carbons (Fsp3) is 0.143. The summed E-state index contributed by atoms with van der Waals surface area (Å²) in [6.07, 6.45) is 3.27. The Labute approximate surface area is 124 Å². The molecule has 0 spiro atoms. The number of nitrogens with one attached hydrogen (secondary N) is 2. The number of aromatic nitrogens is 3. The van der Waals surface area contributed by atoms with Crippen LogP contribution in [0.3, 0.4) is 0 Å². The fourth-order valence-electron chi connectivity index (χ4n) is 2.08. The van der Waals surface area contributed by atoms with Crippen molar-refractivity contribution in [3.05, 3.63) is 47.1 Å². The van der Waals surface area contributed by atoms with E-state index in [0.29, 0.717) is 23.1 Å². The van der Waals surface area contributed by atoms with Crippen molar-refractivity contribution < 1.29 is 9.18 Å². The van der Waals surface area contributed by atoms with Crippen molar-refractivity contribution in [2.75, 3.05) is 5.32 Å². The van der Waals surface area contributed by atoms with Gasteiger partial charge in [0.15, 0.2) is 0 Å². The first-order valence-corrected chi connectivity index (χ1v) is 6.77. The molecule has 2 heterocycles. The van der Waals surface area contributed by atoms with Crippen LogP contribution in [0.25, 0.3) is 10.9 Å². The molecule has 108 valence electrons. The molecule has 0 aliphatic rings. The van der Waals surface area contributed by atoms with E-state index >= 15 is 0 Å². The zero-order valence-corrected chi connectivity index (χ0v) is 11.9. The molecule has 0 saturated carbocycles. The predicted octanol–water partition coefficient (Wildman–Crippen LogP) is 3.43. The summed E-state index contributed by atoms with van der Waals surface area (Å²) in [5.41, 5.74) is 1.38. The van der Waals surface area contributed by atoms with Gasteiger partial charge in [0.25, 0.3) is 5.91 Å². The van der Waals surface area contributed by atoms with E-state index in [1.54, 1.807) is 23.1 Å². The Kier molecular flexibility index (Phi) is 3.39. The summed E-state index contributed by atoms with van der Waals surface area (Å²) in [6.45, 7) is 2.66. The number of aryl methyl sites for hydroxylation is 1. The zero-order chi connectivity index (χ0) is 15.0. The molecule has 21 heavy (non-hydrogen) atoms. The van der Waals surface area contributed by atoms with Crippen molar-refractivity contribution in [2.45, 2.75) is 13.5 Å². The second-order valence-electron chi connectivity index (χ2n) is 4.54. The van der Waals surface area contributed by atoms with Crippen LogP contribution in [0, 0.1) is 5.82 Å². The number of halogens is 2. The molecule has 2 aromatic heterocycles. The lowest BCUT2D eigenvalue weighted by atomic mass is 10.2. The molecule has 0 unspecified atom stereocenters. The van der Waals surface area contributed by atoms with Crippen LogP contribution >= 0.6 is 11.6 Å². The molecule has 3 rings (SSSR count). The molecule has 0 radical (unpaired) electrons. The third-order valence-corrected chi connectivity index (χ3v) is 3.53. The number of aromatic amines is 1. The largest absolute Gasteiger partial charge is 0.349 e. The van der Waals surface area contributed by atoms with Gasteiger partial charge in [-0.05, 0) is 25.1 Å². The monoisotopic (exact) mass is 306 g/mol. The highest BCUT2D eigenvalue weighted by Crippen LogP contribution is 2.28. The van der Waals surface area contributed by atoms with Crippen molar-refractivity contribution in [2.24, 2.45) is 0 Å². The fourth-order valence-corrected chi connectivity index (χ4v) is 2.37. The Hall–Kier alpha value is -2.34. The Bertz CT molecular complexity index is 824. The highest BCUT2D eigenvalue weighted by molar-refractivity contribution is 6.39. The highest BCUT2D eigenvalue weighted by Gasteiger charge is 2.17. The smallest absolute Gasteiger partial charge is 0.273 e. The van der Waals surface area contributed by atoms with Crippen LogP contribution in [0.5, 0.6) is 0 Å². The maximum atomic E-state index is 13.2. The minimum absolute atomic E-state index is 0.196. The summed E-state index contributed by atoms with van der Waals surface area (Å²) in [5, 5.41) is 7.44. The molecule has 0 bridgehead atoms. The second-order valence-corrected chi connectivity index (χ2v) is 4.92. The van der Waals surface area contributed by atoms with Crippen molar-refractivity contribution in [3.8, 4) is 0 Å². The van der Waals surface area contributed by atoms with E-state index in [1.807, 2.05) is 6.92 Å². The number of H-pyrrole nitrogens is 1. The van der Waals surface area contributed by atoms with Gasteiger partial charge < -0.3 is 10.3 Å². The van der Waals surface area contributed by atoms with Gasteiger partial charge in [-0.2, -0.15) is 5.10 Å². The second kappa shape index (κ2) is 5.21. The van der Waals surface area contributed by atoms with Crippen molar-refractivity contribution in [1.29, 1.82) is 0 Å². The van der Waals surface area contributed by atoms with Gasteiger partial charge in [0.2, 0.25) is 0 Å². The van der Waals surface area contributed by atoms with Crippen LogP contribution in [0.4, 0.5) is 10.1 Å². The first-order chi connectivity index (χ1) is 10.1. The van der Waals surface area contributed by atoms with Gasteiger partial charge >= 0.3 is 0 Å². The molecule has 0 aliphatic heterocycles. The van der Waals surface area contributed by atoms with Gasteiger partial charge in [0.1, 0.15) is 11.5 Å².